The van der Waals surface area contributed by atoms with Gasteiger partial charge in [0.2, 0.25) is 5.82 Å². The highest BCUT2D eigenvalue weighted by Gasteiger charge is 2.63. The first-order valence-electron chi connectivity index (χ1n) is 7.49. The summed E-state index contributed by atoms with van der Waals surface area (Å²) in [6, 6.07) is 0. The number of ether oxygens (including phenoxy) is 1. The number of imide groups is 1. The van der Waals surface area contributed by atoms with E-state index in [4.69, 9.17) is 9.57 Å². The van der Waals surface area contributed by atoms with Gasteiger partial charge in [-0.15, -0.1) is 0 Å². The fourth-order valence-electron chi connectivity index (χ4n) is 3.72. The van der Waals surface area contributed by atoms with Crippen molar-refractivity contribution in [1.82, 2.24) is 5.06 Å². The van der Waals surface area contributed by atoms with Crippen molar-refractivity contribution >= 4 is 11.8 Å². The third-order valence-corrected chi connectivity index (χ3v) is 4.88. The molecule has 3 aliphatic heterocycles. The zero-order chi connectivity index (χ0) is 18.0. The molecule has 0 aliphatic carbocycles. The minimum Gasteiger partial charge on any atom is -0.373 e. The topological polar surface area (TPSA) is 55.8 Å². The number of hydrogen-bond acceptors (Lipinski definition) is 4. The largest absolute Gasteiger partial charge is 0.373 e. The number of rotatable bonds is 3. The number of nitrogens with zero attached hydrogens (tertiary/aromatic N) is 1. The quantitative estimate of drug-likeness (QED) is 0.357. The molecule has 0 spiro atoms. The SMILES string of the molecule is O=C1C2C3CCC(O3)C2C(=O)N1OCc1c(F)c(F)c(F)c(F)c1F. The first-order chi connectivity index (χ1) is 11.8. The molecule has 0 saturated carbocycles. The van der Waals surface area contributed by atoms with Gasteiger partial charge in [-0.2, -0.15) is 5.06 Å². The lowest BCUT2D eigenvalue weighted by molar-refractivity contribution is -0.196. The van der Waals surface area contributed by atoms with Gasteiger partial charge in [0.05, 0.1) is 29.6 Å². The standard InChI is InChI=1S/C15H10F5NO4/c16-9-4(10(17)12(19)13(20)11(9)18)3-24-21-14(22)7-5-1-2-6(25-5)8(7)15(21)23/h5-8H,1-3H2. The lowest BCUT2D eigenvalue weighted by atomic mass is 9.81. The van der Waals surface area contributed by atoms with E-state index in [-0.39, 0.29) is 0 Å². The predicted molar refractivity (Wildman–Crippen MR) is 67.7 cm³/mol. The number of carbonyl (C=O) groups excluding carboxylic acids is 2. The Morgan fingerprint density at radius 1 is 0.840 bits per heavy atom. The number of hydrogen-bond donors (Lipinski definition) is 0. The molecule has 3 fully saturated rings. The molecule has 0 aromatic heterocycles. The van der Waals surface area contributed by atoms with Gasteiger partial charge < -0.3 is 4.74 Å². The van der Waals surface area contributed by atoms with E-state index in [1.165, 1.54) is 0 Å². The zero-order valence-corrected chi connectivity index (χ0v) is 12.4. The molecule has 10 heteroatoms. The molecule has 2 bridgehead atoms. The van der Waals surface area contributed by atoms with Crippen LogP contribution < -0.4 is 0 Å². The summed E-state index contributed by atoms with van der Waals surface area (Å²) in [5.74, 6) is -13.6. The number of hydroxylamine groups is 2. The van der Waals surface area contributed by atoms with Crippen molar-refractivity contribution in [1.29, 1.82) is 0 Å². The van der Waals surface area contributed by atoms with Gasteiger partial charge in [0, 0.05) is 0 Å². The minimum absolute atomic E-state index is 0.348. The molecule has 4 rings (SSSR count). The van der Waals surface area contributed by atoms with Crippen LogP contribution in [0.1, 0.15) is 18.4 Å². The molecule has 0 radical (unpaired) electrons. The van der Waals surface area contributed by atoms with E-state index in [1.807, 2.05) is 0 Å². The molecule has 2 amide bonds. The van der Waals surface area contributed by atoms with Gasteiger partial charge in [0.25, 0.3) is 11.8 Å². The first kappa shape index (κ1) is 16.4. The second-order valence-electron chi connectivity index (χ2n) is 6.13. The van der Waals surface area contributed by atoms with E-state index in [0.29, 0.717) is 17.9 Å². The molecule has 3 heterocycles. The molecule has 4 unspecified atom stereocenters. The third-order valence-electron chi connectivity index (χ3n) is 4.88. The lowest BCUT2D eigenvalue weighted by Gasteiger charge is -2.17. The van der Waals surface area contributed by atoms with Gasteiger partial charge >= 0.3 is 0 Å². The Hall–Kier alpha value is -2.07. The van der Waals surface area contributed by atoms with Crippen LogP contribution in [0.15, 0.2) is 0 Å². The van der Waals surface area contributed by atoms with Crippen molar-refractivity contribution in [2.24, 2.45) is 11.8 Å². The Balaban J connectivity index is 1.57. The smallest absolute Gasteiger partial charge is 0.260 e. The average Bonchev–Trinajstić information content (AvgIpc) is 3.27. The molecule has 1 aromatic carbocycles. The molecular weight excluding hydrogens is 353 g/mol. The molecule has 3 saturated heterocycles. The van der Waals surface area contributed by atoms with Crippen molar-refractivity contribution in [3.63, 3.8) is 0 Å². The van der Waals surface area contributed by atoms with Gasteiger partial charge in [-0.05, 0) is 12.8 Å². The van der Waals surface area contributed by atoms with Gasteiger partial charge in [0.1, 0.15) is 6.61 Å². The molecule has 134 valence electrons. The second kappa shape index (κ2) is 5.46. The van der Waals surface area contributed by atoms with Crippen LogP contribution in [-0.4, -0.2) is 29.1 Å². The maximum absolute atomic E-state index is 13.6. The van der Waals surface area contributed by atoms with E-state index < -0.39 is 77.1 Å². The van der Waals surface area contributed by atoms with Crippen LogP contribution in [0.25, 0.3) is 0 Å². The summed E-state index contributed by atoms with van der Waals surface area (Å²) < 4.78 is 72.1. The van der Waals surface area contributed by atoms with Gasteiger partial charge in [-0.3, -0.25) is 14.4 Å². The van der Waals surface area contributed by atoms with Crippen molar-refractivity contribution in [3.05, 3.63) is 34.6 Å². The Morgan fingerprint density at radius 2 is 1.28 bits per heavy atom. The molecule has 1 aromatic rings. The predicted octanol–water partition coefficient (Wildman–Crippen LogP) is 1.98. The highest BCUT2D eigenvalue weighted by molar-refractivity contribution is 6.05. The maximum atomic E-state index is 13.6. The summed E-state index contributed by atoms with van der Waals surface area (Å²) >= 11 is 0. The number of benzene rings is 1. The van der Waals surface area contributed by atoms with Crippen molar-refractivity contribution in [2.45, 2.75) is 31.7 Å². The van der Waals surface area contributed by atoms with Crippen LogP contribution in [0.4, 0.5) is 22.0 Å². The number of halogens is 5. The fraction of sp³-hybridized carbons (Fsp3) is 0.467. The molecule has 4 atom stereocenters. The Morgan fingerprint density at radius 3 is 1.76 bits per heavy atom. The molecule has 0 N–H and O–H groups in total. The second-order valence-corrected chi connectivity index (χ2v) is 6.13. The minimum atomic E-state index is -2.30. The summed E-state index contributed by atoms with van der Waals surface area (Å²) in [5, 5.41) is 0.348. The van der Waals surface area contributed by atoms with Crippen LogP contribution in [-0.2, 0) is 25.8 Å². The van der Waals surface area contributed by atoms with E-state index >= 15 is 0 Å². The Kier molecular flexibility index (Phi) is 3.58. The van der Waals surface area contributed by atoms with Gasteiger partial charge in [-0.1, -0.05) is 0 Å². The van der Waals surface area contributed by atoms with E-state index in [0.717, 1.165) is 0 Å². The highest BCUT2D eigenvalue weighted by atomic mass is 19.2. The highest BCUT2D eigenvalue weighted by Crippen LogP contribution is 2.48. The number of carbonyl (C=O) groups is 2. The molecule has 5 nitrogen and oxygen atoms in total. The van der Waals surface area contributed by atoms with Crippen LogP contribution in [0.2, 0.25) is 0 Å². The number of fused-ring (bicyclic) bond motifs is 5. The third kappa shape index (κ3) is 2.13. The lowest BCUT2D eigenvalue weighted by Crippen LogP contribution is -2.34. The van der Waals surface area contributed by atoms with Crippen LogP contribution >= 0.6 is 0 Å². The van der Waals surface area contributed by atoms with E-state index in [9.17, 15) is 31.5 Å². The first-order valence-corrected chi connectivity index (χ1v) is 7.49. The normalized spacial score (nSPS) is 30.5. The van der Waals surface area contributed by atoms with E-state index in [1.54, 1.807) is 0 Å². The summed E-state index contributed by atoms with van der Waals surface area (Å²) in [6.07, 6.45) is 0.371. The number of amides is 2. The van der Waals surface area contributed by atoms with Crippen molar-refractivity contribution in [2.75, 3.05) is 0 Å². The summed E-state index contributed by atoms with van der Waals surface area (Å²) in [4.78, 5) is 29.4. The summed E-state index contributed by atoms with van der Waals surface area (Å²) in [5.41, 5.74) is -1.26. The van der Waals surface area contributed by atoms with Crippen LogP contribution in [0, 0.1) is 40.9 Å². The Bertz CT molecular complexity index is 744. The average molecular weight is 363 g/mol. The van der Waals surface area contributed by atoms with Crippen LogP contribution in [0.3, 0.4) is 0 Å². The zero-order valence-electron chi connectivity index (χ0n) is 12.4. The van der Waals surface area contributed by atoms with Gasteiger partial charge in [-0.25, -0.2) is 22.0 Å². The molecule has 25 heavy (non-hydrogen) atoms. The van der Waals surface area contributed by atoms with Crippen molar-refractivity contribution in [3.8, 4) is 0 Å². The van der Waals surface area contributed by atoms with Crippen molar-refractivity contribution < 1.29 is 41.1 Å². The molecular formula is C15H10F5NO4. The summed E-state index contributed by atoms with van der Waals surface area (Å²) in [6.45, 7) is -1.15. The monoisotopic (exact) mass is 363 g/mol. The molecule has 3 aliphatic rings. The van der Waals surface area contributed by atoms with E-state index in [2.05, 4.69) is 0 Å². The summed E-state index contributed by atoms with van der Waals surface area (Å²) in [7, 11) is 0. The van der Waals surface area contributed by atoms with Crippen LogP contribution in [0.5, 0.6) is 0 Å². The Labute approximate surface area is 137 Å². The fourth-order valence-corrected chi connectivity index (χ4v) is 3.72. The van der Waals surface area contributed by atoms with Gasteiger partial charge in [0.15, 0.2) is 23.3 Å². The maximum Gasteiger partial charge on any atom is 0.260 e.